The van der Waals surface area contributed by atoms with Crippen LogP contribution >= 0.6 is 0 Å². The van der Waals surface area contributed by atoms with Crippen LogP contribution in [-0.4, -0.2) is 35.3 Å². The second kappa shape index (κ2) is 6.57. The SMILES string of the molecule is CC(C)(C)OC(=O)COc1ccc(C(F)(F)F)cc1B(O)O. The Hall–Kier alpha value is -1.74. The molecular weight excluding hydrogens is 304 g/mol. The van der Waals surface area contributed by atoms with Gasteiger partial charge in [-0.25, -0.2) is 4.79 Å². The number of ether oxygens (including phenoxy) is 2. The minimum absolute atomic E-state index is 0.242. The number of hydrogen-bond donors (Lipinski definition) is 2. The zero-order valence-corrected chi connectivity index (χ0v) is 12.3. The summed E-state index contributed by atoms with van der Waals surface area (Å²) in [5, 5.41) is 18.3. The number of esters is 1. The van der Waals surface area contributed by atoms with E-state index in [0.717, 1.165) is 12.1 Å². The molecule has 0 atom stereocenters. The average molecular weight is 320 g/mol. The summed E-state index contributed by atoms with van der Waals surface area (Å²) in [4.78, 5) is 11.5. The Morgan fingerprint density at radius 2 is 1.82 bits per heavy atom. The topological polar surface area (TPSA) is 76.0 Å². The first-order valence-electron chi connectivity index (χ1n) is 6.32. The van der Waals surface area contributed by atoms with E-state index in [1.165, 1.54) is 0 Å². The van der Waals surface area contributed by atoms with Crippen LogP contribution in [0.15, 0.2) is 18.2 Å². The molecule has 0 saturated heterocycles. The van der Waals surface area contributed by atoms with Crippen molar-refractivity contribution in [3.63, 3.8) is 0 Å². The number of hydrogen-bond acceptors (Lipinski definition) is 5. The lowest BCUT2D eigenvalue weighted by Crippen LogP contribution is -2.34. The number of alkyl halides is 3. The molecule has 0 fully saturated rings. The van der Waals surface area contributed by atoms with Crippen LogP contribution in [0.25, 0.3) is 0 Å². The van der Waals surface area contributed by atoms with E-state index >= 15 is 0 Å². The average Bonchev–Trinajstić information content (AvgIpc) is 2.32. The third kappa shape index (κ3) is 5.57. The van der Waals surface area contributed by atoms with Crippen LogP contribution in [0.2, 0.25) is 0 Å². The molecule has 0 amide bonds. The highest BCUT2D eigenvalue weighted by Crippen LogP contribution is 2.29. The van der Waals surface area contributed by atoms with Gasteiger partial charge in [-0.3, -0.25) is 0 Å². The van der Waals surface area contributed by atoms with Crippen molar-refractivity contribution in [3.05, 3.63) is 23.8 Å². The molecule has 1 aromatic carbocycles. The zero-order chi connectivity index (χ0) is 17.1. The molecule has 0 unspecified atom stereocenters. The molecule has 0 aliphatic heterocycles. The van der Waals surface area contributed by atoms with E-state index in [2.05, 4.69) is 0 Å². The van der Waals surface area contributed by atoms with Crippen LogP contribution in [0.1, 0.15) is 26.3 Å². The fraction of sp³-hybridized carbons (Fsp3) is 0.462. The second-order valence-corrected chi connectivity index (χ2v) is 5.50. The van der Waals surface area contributed by atoms with Crippen molar-refractivity contribution in [2.75, 3.05) is 6.61 Å². The summed E-state index contributed by atoms with van der Waals surface area (Å²) in [6.07, 6.45) is -4.63. The summed E-state index contributed by atoms with van der Waals surface area (Å²) >= 11 is 0. The quantitative estimate of drug-likeness (QED) is 0.642. The molecule has 1 aromatic rings. The Morgan fingerprint density at radius 1 is 1.23 bits per heavy atom. The first-order valence-corrected chi connectivity index (χ1v) is 6.32. The molecule has 0 aliphatic carbocycles. The summed E-state index contributed by atoms with van der Waals surface area (Å²) in [5.74, 6) is -0.973. The van der Waals surface area contributed by atoms with Gasteiger partial charge in [-0.1, -0.05) is 0 Å². The molecule has 0 heterocycles. The van der Waals surface area contributed by atoms with Gasteiger partial charge in [0.2, 0.25) is 0 Å². The summed E-state index contributed by atoms with van der Waals surface area (Å²) in [6.45, 7) is 4.37. The van der Waals surface area contributed by atoms with E-state index in [4.69, 9.17) is 19.5 Å². The third-order valence-electron chi connectivity index (χ3n) is 2.38. The second-order valence-electron chi connectivity index (χ2n) is 5.50. The number of carbonyl (C=O) groups is 1. The standard InChI is InChI=1S/C13H16BF3O5/c1-12(2,3)22-11(18)7-21-10-5-4-8(13(15,16)17)6-9(10)14(19)20/h4-6,19-20H,7H2,1-3H3. The van der Waals surface area contributed by atoms with Gasteiger partial charge < -0.3 is 19.5 Å². The van der Waals surface area contributed by atoms with Crippen LogP contribution in [0.5, 0.6) is 5.75 Å². The van der Waals surface area contributed by atoms with Crippen LogP contribution in [0.3, 0.4) is 0 Å². The largest absolute Gasteiger partial charge is 0.492 e. The van der Waals surface area contributed by atoms with Gasteiger partial charge in [-0.15, -0.1) is 0 Å². The van der Waals surface area contributed by atoms with Crippen molar-refractivity contribution in [2.24, 2.45) is 0 Å². The Labute approximate surface area is 125 Å². The maximum atomic E-state index is 12.6. The Balaban J connectivity index is 2.89. The molecule has 122 valence electrons. The van der Waals surface area contributed by atoms with Gasteiger partial charge >= 0.3 is 19.3 Å². The normalized spacial score (nSPS) is 12.0. The minimum Gasteiger partial charge on any atom is -0.482 e. The smallest absolute Gasteiger partial charge is 0.482 e. The van der Waals surface area contributed by atoms with Gasteiger partial charge in [0, 0.05) is 5.46 Å². The summed E-state index contributed by atoms with van der Waals surface area (Å²) < 4.78 is 47.7. The first-order chi connectivity index (χ1) is 9.90. The molecule has 1 rings (SSSR count). The van der Waals surface area contributed by atoms with Gasteiger partial charge in [0.25, 0.3) is 0 Å². The van der Waals surface area contributed by atoms with Gasteiger partial charge in [-0.2, -0.15) is 13.2 Å². The molecule has 9 heteroatoms. The van der Waals surface area contributed by atoms with Crippen molar-refractivity contribution in [1.29, 1.82) is 0 Å². The molecule has 5 nitrogen and oxygen atoms in total. The Kier molecular flexibility index (Phi) is 5.47. The van der Waals surface area contributed by atoms with Gasteiger partial charge in [0.15, 0.2) is 6.61 Å². The highest BCUT2D eigenvalue weighted by atomic mass is 19.4. The number of benzene rings is 1. The fourth-order valence-electron chi connectivity index (χ4n) is 1.57. The van der Waals surface area contributed by atoms with E-state index in [9.17, 15) is 18.0 Å². The Morgan fingerprint density at radius 3 is 2.27 bits per heavy atom. The maximum absolute atomic E-state index is 12.6. The highest BCUT2D eigenvalue weighted by Gasteiger charge is 2.32. The summed E-state index contributed by atoms with van der Waals surface area (Å²) in [7, 11) is -2.17. The molecule has 0 aromatic heterocycles. The Bertz CT molecular complexity index is 537. The van der Waals surface area contributed by atoms with Gasteiger partial charge in [-0.05, 0) is 39.0 Å². The van der Waals surface area contributed by atoms with Crippen LogP contribution in [0, 0.1) is 0 Å². The van der Waals surface area contributed by atoms with Crippen LogP contribution < -0.4 is 10.2 Å². The molecular formula is C13H16BF3O5. The molecule has 2 N–H and O–H groups in total. The van der Waals surface area contributed by atoms with E-state index < -0.39 is 42.5 Å². The monoisotopic (exact) mass is 320 g/mol. The molecule has 22 heavy (non-hydrogen) atoms. The van der Waals surface area contributed by atoms with Crippen molar-refractivity contribution >= 4 is 18.6 Å². The van der Waals surface area contributed by atoms with Crippen molar-refractivity contribution in [1.82, 2.24) is 0 Å². The molecule has 0 aliphatic rings. The van der Waals surface area contributed by atoms with Gasteiger partial charge in [0.05, 0.1) is 5.56 Å². The first kappa shape index (κ1) is 18.3. The minimum atomic E-state index is -4.63. The molecule has 0 saturated carbocycles. The number of carbonyl (C=O) groups excluding carboxylic acids is 1. The van der Waals surface area contributed by atoms with E-state index in [-0.39, 0.29) is 5.75 Å². The lowest BCUT2D eigenvalue weighted by molar-refractivity contribution is -0.157. The van der Waals surface area contributed by atoms with E-state index in [1.807, 2.05) is 0 Å². The predicted molar refractivity (Wildman–Crippen MR) is 72.6 cm³/mol. The van der Waals surface area contributed by atoms with E-state index in [1.54, 1.807) is 20.8 Å². The maximum Gasteiger partial charge on any atom is 0.492 e. The van der Waals surface area contributed by atoms with Crippen molar-refractivity contribution < 1.29 is 37.5 Å². The zero-order valence-electron chi connectivity index (χ0n) is 12.3. The fourth-order valence-corrected chi connectivity index (χ4v) is 1.57. The number of rotatable bonds is 4. The van der Waals surface area contributed by atoms with Crippen LogP contribution in [0.4, 0.5) is 13.2 Å². The predicted octanol–water partition coefficient (Wildman–Crippen LogP) is 1.11. The lowest BCUT2D eigenvalue weighted by Gasteiger charge is -2.20. The molecule has 0 spiro atoms. The molecule has 0 radical (unpaired) electrons. The number of halogens is 3. The summed E-state index contributed by atoms with van der Waals surface area (Å²) in [5.41, 5.74) is -2.28. The van der Waals surface area contributed by atoms with Crippen molar-refractivity contribution in [2.45, 2.75) is 32.5 Å². The third-order valence-corrected chi connectivity index (χ3v) is 2.38. The van der Waals surface area contributed by atoms with E-state index in [0.29, 0.717) is 6.07 Å². The molecule has 0 bridgehead atoms. The van der Waals surface area contributed by atoms with Crippen molar-refractivity contribution in [3.8, 4) is 5.75 Å². The highest BCUT2D eigenvalue weighted by molar-refractivity contribution is 6.59. The summed E-state index contributed by atoms with van der Waals surface area (Å²) in [6, 6.07) is 2.19. The van der Waals surface area contributed by atoms with Crippen LogP contribution in [-0.2, 0) is 15.7 Å². The van der Waals surface area contributed by atoms with Gasteiger partial charge in [0.1, 0.15) is 11.4 Å². The lowest BCUT2D eigenvalue weighted by atomic mass is 9.78.